The molecule has 1 N–H and O–H groups in total. The van der Waals surface area contributed by atoms with E-state index in [4.69, 9.17) is 9.84 Å². The van der Waals surface area contributed by atoms with Gasteiger partial charge in [0.05, 0.1) is 23.7 Å². The summed E-state index contributed by atoms with van der Waals surface area (Å²) in [6.45, 7) is 0. The number of methoxy groups -OCH3 is 1. The summed E-state index contributed by atoms with van der Waals surface area (Å²) in [6.07, 6.45) is 0. The van der Waals surface area contributed by atoms with Crippen molar-refractivity contribution in [3.63, 3.8) is 0 Å². The zero-order valence-electron chi connectivity index (χ0n) is 18.6. The van der Waals surface area contributed by atoms with Crippen LogP contribution in [-0.4, -0.2) is 22.8 Å². The third kappa shape index (κ3) is 4.49. The van der Waals surface area contributed by atoms with E-state index in [1.54, 1.807) is 23.1 Å². The van der Waals surface area contributed by atoms with E-state index in [2.05, 4.69) is 5.32 Å². The normalized spacial score (nSPS) is 10.9. The number of amides is 1. The summed E-state index contributed by atoms with van der Waals surface area (Å²) in [5, 5.41) is 10.0. The van der Waals surface area contributed by atoms with E-state index in [0.717, 1.165) is 33.1 Å². The number of thiophene rings is 1. The molecule has 0 radical (unpaired) electrons. The first-order valence-corrected chi connectivity index (χ1v) is 11.8. The van der Waals surface area contributed by atoms with Gasteiger partial charge in [-0.15, -0.1) is 11.3 Å². The maximum Gasteiger partial charge on any atom is 0.270 e. The van der Waals surface area contributed by atoms with Gasteiger partial charge in [0.15, 0.2) is 0 Å². The Labute approximate surface area is 202 Å². The molecule has 1 amide bonds. The lowest BCUT2D eigenvalue weighted by molar-refractivity contribution is 0.0935. The van der Waals surface area contributed by atoms with Crippen LogP contribution in [0.15, 0.2) is 109 Å². The second-order valence-electron chi connectivity index (χ2n) is 7.73. The van der Waals surface area contributed by atoms with Gasteiger partial charge in [-0.3, -0.25) is 4.79 Å². The molecule has 0 saturated heterocycles. The van der Waals surface area contributed by atoms with Crippen LogP contribution < -0.4 is 10.1 Å². The molecule has 0 spiro atoms. The number of aromatic nitrogens is 2. The summed E-state index contributed by atoms with van der Waals surface area (Å²) in [5.41, 5.74) is 4.02. The molecule has 3 aromatic carbocycles. The van der Waals surface area contributed by atoms with Gasteiger partial charge in [-0.2, -0.15) is 5.10 Å². The van der Waals surface area contributed by atoms with E-state index < -0.39 is 0 Å². The Kier molecular flexibility index (Phi) is 6.23. The van der Waals surface area contributed by atoms with E-state index in [1.807, 2.05) is 109 Å². The van der Waals surface area contributed by atoms with Crippen molar-refractivity contribution in [1.29, 1.82) is 0 Å². The van der Waals surface area contributed by atoms with Gasteiger partial charge < -0.3 is 10.1 Å². The minimum atomic E-state index is -0.292. The zero-order chi connectivity index (χ0) is 23.3. The van der Waals surface area contributed by atoms with Crippen molar-refractivity contribution in [1.82, 2.24) is 15.1 Å². The van der Waals surface area contributed by atoms with Crippen molar-refractivity contribution in [2.75, 3.05) is 7.11 Å². The number of nitrogens with one attached hydrogen (secondary N) is 1. The van der Waals surface area contributed by atoms with Crippen molar-refractivity contribution < 1.29 is 9.53 Å². The Balaban J connectivity index is 1.55. The maximum atomic E-state index is 13.7. The summed E-state index contributed by atoms with van der Waals surface area (Å²) >= 11 is 1.59. The summed E-state index contributed by atoms with van der Waals surface area (Å²) in [4.78, 5) is 14.7. The van der Waals surface area contributed by atoms with Crippen LogP contribution >= 0.6 is 11.3 Å². The van der Waals surface area contributed by atoms with Crippen LogP contribution in [0.3, 0.4) is 0 Å². The minimum Gasteiger partial charge on any atom is -0.497 e. The highest BCUT2D eigenvalue weighted by Gasteiger charge is 2.23. The number of hydrogen-bond acceptors (Lipinski definition) is 4. The van der Waals surface area contributed by atoms with Crippen LogP contribution in [0.5, 0.6) is 5.75 Å². The molecule has 0 aliphatic heterocycles. The first kappa shape index (κ1) is 21.7. The van der Waals surface area contributed by atoms with Crippen LogP contribution in [0.2, 0.25) is 0 Å². The number of carbonyl (C=O) groups excluding carboxylic acids is 1. The quantitative estimate of drug-likeness (QED) is 0.315. The summed E-state index contributed by atoms with van der Waals surface area (Å²) < 4.78 is 6.98. The Bertz CT molecular complexity index is 1320. The standard InChI is InChI=1S/C28H23N3O2S/c1-33-23-16-14-22(15-17-23)31-25(19-24(30-31)26-13-8-18-34-26)28(32)29-27(20-9-4-2-5-10-20)21-11-6-3-7-12-21/h2-19,27H,1H3,(H,29,32). The molecule has 168 valence electrons. The van der Waals surface area contributed by atoms with Crippen molar-refractivity contribution in [3.05, 3.63) is 125 Å². The fraction of sp³-hybridized carbons (Fsp3) is 0.0714. The molecular weight excluding hydrogens is 442 g/mol. The topological polar surface area (TPSA) is 56.2 Å². The molecule has 0 aliphatic carbocycles. The molecule has 0 unspecified atom stereocenters. The third-order valence-electron chi connectivity index (χ3n) is 5.57. The zero-order valence-corrected chi connectivity index (χ0v) is 19.4. The van der Waals surface area contributed by atoms with E-state index in [1.165, 1.54) is 0 Å². The molecule has 0 aliphatic rings. The lowest BCUT2D eigenvalue weighted by Crippen LogP contribution is -2.31. The lowest BCUT2D eigenvalue weighted by atomic mass is 9.98. The predicted octanol–water partition coefficient (Wildman–Crippen LogP) is 6.13. The van der Waals surface area contributed by atoms with Gasteiger partial charge >= 0.3 is 0 Å². The van der Waals surface area contributed by atoms with Crippen molar-refractivity contribution in [3.8, 4) is 22.0 Å². The molecule has 0 atom stereocenters. The second kappa shape index (κ2) is 9.77. The molecule has 34 heavy (non-hydrogen) atoms. The van der Waals surface area contributed by atoms with Crippen molar-refractivity contribution >= 4 is 17.2 Å². The van der Waals surface area contributed by atoms with Gasteiger partial charge in [-0.1, -0.05) is 66.7 Å². The lowest BCUT2D eigenvalue weighted by Gasteiger charge is -2.20. The molecular formula is C28H23N3O2S. The molecule has 0 bridgehead atoms. The Morgan fingerprint density at radius 3 is 2.09 bits per heavy atom. The van der Waals surface area contributed by atoms with Crippen molar-refractivity contribution in [2.24, 2.45) is 0 Å². The van der Waals surface area contributed by atoms with Crippen LogP contribution in [0.1, 0.15) is 27.7 Å². The number of hydrogen-bond donors (Lipinski definition) is 1. The molecule has 0 saturated carbocycles. The number of benzene rings is 3. The number of rotatable bonds is 7. The van der Waals surface area contributed by atoms with Gasteiger partial charge in [0.25, 0.3) is 5.91 Å². The fourth-order valence-electron chi connectivity index (χ4n) is 3.86. The average molecular weight is 466 g/mol. The van der Waals surface area contributed by atoms with Crippen LogP contribution in [-0.2, 0) is 0 Å². The van der Waals surface area contributed by atoms with Crippen molar-refractivity contribution in [2.45, 2.75) is 6.04 Å². The maximum absolute atomic E-state index is 13.7. The second-order valence-corrected chi connectivity index (χ2v) is 8.68. The number of ether oxygens (including phenoxy) is 1. The molecule has 0 fully saturated rings. The summed E-state index contributed by atoms with van der Waals surface area (Å²) in [5.74, 6) is 0.539. The minimum absolute atomic E-state index is 0.205. The fourth-order valence-corrected chi connectivity index (χ4v) is 4.54. The van der Waals surface area contributed by atoms with E-state index in [-0.39, 0.29) is 11.9 Å². The summed E-state index contributed by atoms with van der Waals surface area (Å²) in [6, 6.07) is 33.0. The Morgan fingerprint density at radius 1 is 0.882 bits per heavy atom. The number of nitrogens with zero attached hydrogens (tertiary/aromatic N) is 2. The van der Waals surface area contributed by atoms with Gasteiger partial charge in [-0.05, 0) is 52.9 Å². The van der Waals surface area contributed by atoms with E-state index in [0.29, 0.717) is 5.69 Å². The Morgan fingerprint density at radius 2 is 1.53 bits per heavy atom. The van der Waals surface area contributed by atoms with Gasteiger partial charge in [0.2, 0.25) is 0 Å². The van der Waals surface area contributed by atoms with Crippen LogP contribution in [0.4, 0.5) is 0 Å². The monoisotopic (exact) mass is 465 g/mol. The highest BCUT2D eigenvalue weighted by Crippen LogP contribution is 2.28. The summed E-state index contributed by atoms with van der Waals surface area (Å²) in [7, 11) is 1.63. The number of carbonyl (C=O) groups is 1. The smallest absolute Gasteiger partial charge is 0.270 e. The van der Waals surface area contributed by atoms with Crippen LogP contribution in [0, 0.1) is 0 Å². The highest BCUT2D eigenvalue weighted by molar-refractivity contribution is 7.13. The van der Waals surface area contributed by atoms with E-state index in [9.17, 15) is 4.79 Å². The van der Waals surface area contributed by atoms with E-state index >= 15 is 0 Å². The Hall–Kier alpha value is -4.16. The molecule has 5 rings (SSSR count). The molecule has 6 heteroatoms. The largest absolute Gasteiger partial charge is 0.497 e. The van der Waals surface area contributed by atoms with Crippen LogP contribution in [0.25, 0.3) is 16.3 Å². The van der Waals surface area contributed by atoms with Gasteiger partial charge in [0.1, 0.15) is 17.1 Å². The SMILES string of the molecule is COc1ccc(-n2nc(-c3cccs3)cc2C(=O)NC(c2ccccc2)c2ccccc2)cc1. The van der Waals surface area contributed by atoms with Gasteiger partial charge in [-0.25, -0.2) is 4.68 Å². The third-order valence-corrected chi connectivity index (χ3v) is 6.47. The average Bonchev–Trinajstić information content (AvgIpc) is 3.59. The highest BCUT2D eigenvalue weighted by atomic mass is 32.1. The molecule has 5 nitrogen and oxygen atoms in total. The first-order chi connectivity index (χ1) is 16.7. The van der Waals surface area contributed by atoms with Gasteiger partial charge in [0, 0.05) is 0 Å². The molecule has 2 aromatic heterocycles. The first-order valence-electron chi connectivity index (χ1n) is 10.9. The molecule has 2 heterocycles. The predicted molar refractivity (Wildman–Crippen MR) is 136 cm³/mol. The molecule has 5 aromatic rings.